The molecular weight excluding hydrogens is 260 g/mol. The van der Waals surface area contributed by atoms with Crippen LogP contribution in [-0.2, 0) is 14.3 Å². The molecule has 1 aliphatic rings. The molecule has 108 valence electrons. The van der Waals surface area contributed by atoms with E-state index in [0.717, 1.165) is 5.56 Å². The molecule has 0 aliphatic carbocycles. The van der Waals surface area contributed by atoms with Crippen molar-refractivity contribution in [3.63, 3.8) is 0 Å². The van der Waals surface area contributed by atoms with E-state index in [1.165, 1.54) is 0 Å². The molecule has 0 N–H and O–H groups in total. The van der Waals surface area contributed by atoms with Crippen LogP contribution in [0.2, 0.25) is 0 Å². The van der Waals surface area contributed by atoms with Crippen molar-refractivity contribution in [3.8, 4) is 11.5 Å². The lowest BCUT2D eigenvalue weighted by molar-refractivity contribution is -0.139. The highest BCUT2D eigenvalue weighted by Crippen LogP contribution is 2.35. The summed E-state index contributed by atoms with van der Waals surface area (Å²) in [5.41, 5.74) is 1.32. The van der Waals surface area contributed by atoms with Crippen LogP contribution in [0, 0.1) is 0 Å². The molecule has 5 heteroatoms. The van der Waals surface area contributed by atoms with E-state index < -0.39 is 6.10 Å². The largest absolute Gasteiger partial charge is 0.497 e. The molecule has 1 aliphatic heterocycles. The smallest absolute Gasteiger partial charge is 0.336 e. The van der Waals surface area contributed by atoms with Gasteiger partial charge in [0.05, 0.1) is 33.0 Å². The zero-order chi connectivity index (χ0) is 14.5. The molecular formula is C15H18O5. The highest BCUT2D eigenvalue weighted by Gasteiger charge is 2.29. The number of methoxy groups -OCH3 is 2. The number of rotatable bonds is 5. The van der Waals surface area contributed by atoms with Gasteiger partial charge in [0.1, 0.15) is 17.6 Å². The summed E-state index contributed by atoms with van der Waals surface area (Å²) in [4.78, 5) is 11.9. The Balaban J connectivity index is 2.31. The van der Waals surface area contributed by atoms with E-state index >= 15 is 0 Å². The fraction of sp³-hybridized carbons (Fsp3) is 0.400. The van der Waals surface area contributed by atoms with Gasteiger partial charge < -0.3 is 18.9 Å². The van der Waals surface area contributed by atoms with Crippen molar-refractivity contribution >= 4 is 5.97 Å². The average Bonchev–Trinajstić information content (AvgIpc) is 2.96. The fourth-order valence-electron chi connectivity index (χ4n) is 2.09. The lowest BCUT2D eigenvalue weighted by atomic mass is 10.0. The van der Waals surface area contributed by atoms with Crippen LogP contribution in [0.4, 0.5) is 0 Å². The van der Waals surface area contributed by atoms with Crippen LogP contribution >= 0.6 is 0 Å². The van der Waals surface area contributed by atoms with E-state index in [4.69, 9.17) is 18.9 Å². The van der Waals surface area contributed by atoms with E-state index in [9.17, 15) is 4.79 Å². The third-order valence-corrected chi connectivity index (χ3v) is 3.04. The van der Waals surface area contributed by atoms with Crippen molar-refractivity contribution in [2.24, 2.45) is 0 Å². The number of carbonyl (C=O) groups is 1. The standard InChI is InChI=1S/C15H18O5/c1-4-19-15(16)13-5-6-20-14(13)10-7-11(17-2)9-12(8-10)18-3/h5,7-9,14H,4,6H2,1-3H3. The molecule has 2 rings (SSSR count). The molecule has 0 radical (unpaired) electrons. The topological polar surface area (TPSA) is 54.0 Å². The van der Waals surface area contributed by atoms with Gasteiger partial charge in [-0.3, -0.25) is 0 Å². The SMILES string of the molecule is CCOC(=O)C1=CCOC1c1cc(OC)cc(OC)c1. The maximum Gasteiger partial charge on any atom is 0.336 e. The van der Waals surface area contributed by atoms with Crippen LogP contribution in [0.1, 0.15) is 18.6 Å². The van der Waals surface area contributed by atoms with Gasteiger partial charge in [-0.25, -0.2) is 4.79 Å². The van der Waals surface area contributed by atoms with Gasteiger partial charge in [-0.2, -0.15) is 0 Å². The monoisotopic (exact) mass is 278 g/mol. The summed E-state index contributed by atoms with van der Waals surface area (Å²) >= 11 is 0. The normalized spacial score (nSPS) is 17.6. The van der Waals surface area contributed by atoms with Crippen LogP contribution in [0.5, 0.6) is 11.5 Å². The van der Waals surface area contributed by atoms with Crippen LogP contribution in [0.15, 0.2) is 29.8 Å². The summed E-state index contributed by atoms with van der Waals surface area (Å²) < 4.78 is 21.1. The molecule has 0 amide bonds. The number of hydrogen-bond acceptors (Lipinski definition) is 5. The summed E-state index contributed by atoms with van der Waals surface area (Å²) in [5.74, 6) is 0.952. The predicted octanol–water partition coefficient (Wildman–Crippen LogP) is 2.26. The molecule has 0 saturated carbocycles. The Labute approximate surface area is 118 Å². The molecule has 0 fully saturated rings. The van der Waals surface area contributed by atoms with Crippen LogP contribution < -0.4 is 9.47 Å². The molecule has 0 bridgehead atoms. The Hall–Kier alpha value is -2.01. The fourth-order valence-corrected chi connectivity index (χ4v) is 2.09. The summed E-state index contributed by atoms with van der Waals surface area (Å²) in [6, 6.07) is 5.42. The van der Waals surface area contributed by atoms with E-state index in [0.29, 0.717) is 30.3 Å². The molecule has 20 heavy (non-hydrogen) atoms. The summed E-state index contributed by atoms with van der Waals surface area (Å²) in [6.07, 6.45) is 1.30. The van der Waals surface area contributed by atoms with Gasteiger partial charge in [-0.1, -0.05) is 0 Å². The van der Waals surface area contributed by atoms with Crippen molar-refractivity contribution in [2.45, 2.75) is 13.0 Å². The van der Waals surface area contributed by atoms with Crippen LogP contribution in [0.25, 0.3) is 0 Å². The van der Waals surface area contributed by atoms with Gasteiger partial charge in [0.15, 0.2) is 0 Å². The van der Waals surface area contributed by atoms with Gasteiger partial charge in [-0.15, -0.1) is 0 Å². The molecule has 1 aromatic rings. The number of carbonyl (C=O) groups excluding carboxylic acids is 1. The van der Waals surface area contributed by atoms with Gasteiger partial charge in [0.2, 0.25) is 0 Å². The van der Waals surface area contributed by atoms with Gasteiger partial charge >= 0.3 is 5.97 Å². The first-order chi connectivity index (χ1) is 9.69. The average molecular weight is 278 g/mol. The second-order valence-corrected chi connectivity index (χ2v) is 4.24. The quantitative estimate of drug-likeness (QED) is 0.773. The van der Waals surface area contributed by atoms with Crippen LogP contribution in [0.3, 0.4) is 0 Å². The first kappa shape index (κ1) is 14.4. The second-order valence-electron chi connectivity index (χ2n) is 4.24. The maximum atomic E-state index is 11.9. The van der Waals surface area contributed by atoms with E-state index in [-0.39, 0.29) is 5.97 Å². The lowest BCUT2D eigenvalue weighted by Gasteiger charge is -2.16. The van der Waals surface area contributed by atoms with Crippen molar-refractivity contribution in [2.75, 3.05) is 27.4 Å². The predicted molar refractivity (Wildman–Crippen MR) is 73.0 cm³/mol. The summed E-state index contributed by atoms with van der Waals surface area (Å²) in [6.45, 7) is 2.50. The molecule has 0 aromatic heterocycles. The Kier molecular flexibility index (Phi) is 4.63. The zero-order valence-electron chi connectivity index (χ0n) is 11.8. The first-order valence-electron chi connectivity index (χ1n) is 6.41. The third kappa shape index (κ3) is 2.93. The van der Waals surface area contributed by atoms with Gasteiger partial charge in [0, 0.05) is 6.07 Å². The lowest BCUT2D eigenvalue weighted by Crippen LogP contribution is -2.13. The highest BCUT2D eigenvalue weighted by atomic mass is 16.5. The molecule has 0 spiro atoms. The van der Waals surface area contributed by atoms with Crippen LogP contribution in [-0.4, -0.2) is 33.4 Å². The van der Waals surface area contributed by atoms with E-state index in [1.54, 1.807) is 33.3 Å². The first-order valence-corrected chi connectivity index (χ1v) is 6.41. The molecule has 1 heterocycles. The zero-order valence-corrected chi connectivity index (χ0v) is 11.8. The van der Waals surface area contributed by atoms with E-state index in [1.807, 2.05) is 12.1 Å². The number of hydrogen-bond donors (Lipinski definition) is 0. The third-order valence-electron chi connectivity index (χ3n) is 3.04. The Morgan fingerprint density at radius 1 is 1.25 bits per heavy atom. The minimum Gasteiger partial charge on any atom is -0.497 e. The highest BCUT2D eigenvalue weighted by molar-refractivity contribution is 5.90. The minimum absolute atomic E-state index is 0.338. The maximum absolute atomic E-state index is 11.9. The van der Waals surface area contributed by atoms with Crippen molar-refractivity contribution in [1.82, 2.24) is 0 Å². The number of esters is 1. The Bertz CT molecular complexity index is 499. The summed E-state index contributed by atoms with van der Waals surface area (Å²) in [5, 5.41) is 0. The van der Waals surface area contributed by atoms with Crippen molar-refractivity contribution in [1.29, 1.82) is 0 Å². The molecule has 1 unspecified atom stereocenters. The second kappa shape index (κ2) is 6.43. The Morgan fingerprint density at radius 3 is 2.45 bits per heavy atom. The van der Waals surface area contributed by atoms with Crippen molar-refractivity contribution < 1.29 is 23.7 Å². The molecule has 1 atom stereocenters. The number of benzene rings is 1. The number of ether oxygens (including phenoxy) is 4. The van der Waals surface area contributed by atoms with Gasteiger partial charge in [0.25, 0.3) is 0 Å². The molecule has 5 nitrogen and oxygen atoms in total. The van der Waals surface area contributed by atoms with Crippen molar-refractivity contribution in [3.05, 3.63) is 35.4 Å². The molecule has 1 aromatic carbocycles. The van der Waals surface area contributed by atoms with Gasteiger partial charge in [-0.05, 0) is 30.7 Å². The summed E-state index contributed by atoms with van der Waals surface area (Å²) in [7, 11) is 3.16. The minimum atomic E-state index is -0.446. The molecule has 0 saturated heterocycles. The van der Waals surface area contributed by atoms with E-state index in [2.05, 4.69) is 0 Å². The Morgan fingerprint density at radius 2 is 1.90 bits per heavy atom.